The zero-order chi connectivity index (χ0) is 23.6. The van der Waals surface area contributed by atoms with Gasteiger partial charge in [-0.05, 0) is 46.7 Å². The summed E-state index contributed by atoms with van der Waals surface area (Å²) in [4.78, 5) is 42.2. The molecule has 10 heteroatoms. The Hall–Kier alpha value is -1.75. The van der Waals surface area contributed by atoms with Crippen LogP contribution in [0.5, 0.6) is 0 Å². The molecule has 0 bridgehead atoms. The number of carbonyl (C=O) groups is 3. The van der Waals surface area contributed by atoms with Crippen LogP contribution in [0.25, 0.3) is 0 Å². The van der Waals surface area contributed by atoms with E-state index in [0.717, 1.165) is 45.6 Å². The zero-order valence-corrected chi connectivity index (χ0v) is 20.1. The highest BCUT2D eigenvalue weighted by Gasteiger charge is 2.18. The highest BCUT2D eigenvalue weighted by Crippen LogP contribution is 2.02. The quantitative estimate of drug-likeness (QED) is 0.374. The lowest BCUT2D eigenvalue weighted by Crippen LogP contribution is -2.43. The van der Waals surface area contributed by atoms with Gasteiger partial charge < -0.3 is 19.5 Å². The fourth-order valence-electron chi connectivity index (χ4n) is 3.57. The van der Waals surface area contributed by atoms with Gasteiger partial charge in [0.15, 0.2) is 0 Å². The molecule has 0 amide bonds. The van der Waals surface area contributed by atoms with Crippen LogP contribution in [-0.4, -0.2) is 124 Å². The van der Waals surface area contributed by atoms with Gasteiger partial charge in [0.2, 0.25) is 0 Å². The molecule has 1 rings (SSSR count). The van der Waals surface area contributed by atoms with Gasteiger partial charge in [-0.3, -0.25) is 29.1 Å². The molecule has 0 unspecified atom stereocenters. The molecule has 10 nitrogen and oxygen atoms in total. The summed E-state index contributed by atoms with van der Waals surface area (Å²) in [5.74, 6) is -0.696. The molecule has 0 aromatic carbocycles. The van der Waals surface area contributed by atoms with Crippen LogP contribution in [0.2, 0.25) is 0 Å². The van der Waals surface area contributed by atoms with Gasteiger partial charge in [0.1, 0.15) is 0 Å². The van der Waals surface area contributed by atoms with E-state index in [4.69, 9.17) is 14.2 Å². The van der Waals surface area contributed by atoms with Gasteiger partial charge >= 0.3 is 17.9 Å². The first-order valence-electron chi connectivity index (χ1n) is 11.8. The van der Waals surface area contributed by atoms with Gasteiger partial charge in [-0.1, -0.05) is 0 Å². The predicted octanol–water partition coefficient (Wildman–Crippen LogP) is -0.0349. The summed E-state index contributed by atoms with van der Waals surface area (Å²) in [6.07, 6.45) is 1.69. The summed E-state index contributed by atoms with van der Waals surface area (Å²) in [5.41, 5.74) is 0. The van der Waals surface area contributed by atoms with Crippen LogP contribution in [0, 0.1) is 0 Å². The van der Waals surface area contributed by atoms with Gasteiger partial charge in [0, 0.05) is 39.3 Å². The number of nitrogens with zero attached hydrogens (tertiary/aromatic N) is 3. The monoisotopic (exact) mass is 458 g/mol. The summed E-state index contributed by atoms with van der Waals surface area (Å²) in [7, 11) is 0. The van der Waals surface area contributed by atoms with Gasteiger partial charge in [-0.25, -0.2) is 0 Å². The summed E-state index contributed by atoms with van der Waals surface area (Å²) < 4.78 is 15.3. The molecule has 0 aromatic rings. The Labute approximate surface area is 192 Å². The maximum absolute atomic E-state index is 12.1. The average molecular weight is 459 g/mol. The predicted molar refractivity (Wildman–Crippen MR) is 121 cm³/mol. The Morgan fingerprint density at radius 2 is 1.00 bits per heavy atom. The largest absolute Gasteiger partial charge is 0.465 e. The summed E-state index contributed by atoms with van der Waals surface area (Å²) in [6, 6.07) is 0. The van der Waals surface area contributed by atoms with Crippen LogP contribution in [0.1, 0.15) is 33.6 Å². The van der Waals surface area contributed by atoms with Crippen molar-refractivity contribution < 1.29 is 28.6 Å². The van der Waals surface area contributed by atoms with Crippen LogP contribution in [0.4, 0.5) is 0 Å². The van der Waals surface area contributed by atoms with E-state index in [0.29, 0.717) is 39.5 Å². The Kier molecular flexibility index (Phi) is 15.7. The molecule has 1 heterocycles. The minimum absolute atomic E-state index is 0.209. The number of ether oxygens (including phenoxy) is 3. The molecule has 0 saturated carbocycles. The minimum Gasteiger partial charge on any atom is -0.465 e. The Morgan fingerprint density at radius 3 is 1.44 bits per heavy atom. The molecule has 1 fully saturated rings. The fourth-order valence-corrected chi connectivity index (χ4v) is 3.57. The maximum Gasteiger partial charge on any atom is 0.320 e. The molecule has 1 saturated heterocycles. The Bertz CT molecular complexity index is 549. The fraction of sp³-hybridized carbons (Fsp3) is 0.864. The van der Waals surface area contributed by atoms with Crippen LogP contribution >= 0.6 is 0 Å². The van der Waals surface area contributed by atoms with Crippen LogP contribution in [0.15, 0.2) is 0 Å². The van der Waals surface area contributed by atoms with Crippen molar-refractivity contribution >= 4 is 17.9 Å². The topological polar surface area (TPSA) is 101 Å². The van der Waals surface area contributed by atoms with Crippen molar-refractivity contribution in [1.29, 1.82) is 0 Å². The Balaban J connectivity index is 2.75. The lowest BCUT2D eigenvalue weighted by atomic mass is 10.3. The molecule has 1 aliphatic heterocycles. The zero-order valence-electron chi connectivity index (χ0n) is 20.1. The number of hydrogen-bond donors (Lipinski definition) is 1. The van der Waals surface area contributed by atoms with Crippen LogP contribution in [0.3, 0.4) is 0 Å². The normalized spacial score (nSPS) is 18.5. The van der Waals surface area contributed by atoms with Gasteiger partial charge in [0.05, 0.1) is 39.5 Å². The second-order valence-electron chi connectivity index (χ2n) is 7.70. The number of carbonyl (C=O) groups excluding carboxylic acids is 3. The smallest absolute Gasteiger partial charge is 0.320 e. The van der Waals surface area contributed by atoms with Gasteiger partial charge in [0.25, 0.3) is 0 Å². The van der Waals surface area contributed by atoms with Crippen molar-refractivity contribution in [3.8, 4) is 0 Å². The van der Waals surface area contributed by atoms with Crippen molar-refractivity contribution in [1.82, 2.24) is 20.0 Å². The second-order valence-corrected chi connectivity index (χ2v) is 7.70. The maximum atomic E-state index is 12.1. The first kappa shape index (κ1) is 28.3. The van der Waals surface area contributed by atoms with E-state index >= 15 is 0 Å². The first-order valence-corrected chi connectivity index (χ1v) is 11.8. The van der Waals surface area contributed by atoms with Crippen molar-refractivity contribution in [3.63, 3.8) is 0 Å². The molecule has 1 aliphatic rings. The summed E-state index contributed by atoms with van der Waals surface area (Å²) in [6.45, 7) is 13.0. The molecule has 0 spiro atoms. The number of esters is 3. The highest BCUT2D eigenvalue weighted by atomic mass is 16.5. The molecule has 0 aliphatic carbocycles. The molecular weight excluding hydrogens is 416 g/mol. The van der Waals surface area contributed by atoms with E-state index in [1.54, 1.807) is 20.8 Å². The SMILES string of the molecule is CCOC(=O)CN1CCCN(CC(=O)OCC)CCN(CC(=O)OCC)CCCNCC1. The summed E-state index contributed by atoms with van der Waals surface area (Å²) >= 11 is 0. The third-order valence-electron chi connectivity index (χ3n) is 5.09. The van der Waals surface area contributed by atoms with Gasteiger partial charge in [-0.15, -0.1) is 0 Å². The lowest BCUT2D eigenvalue weighted by molar-refractivity contribution is -0.146. The molecule has 32 heavy (non-hydrogen) atoms. The molecule has 0 aromatic heterocycles. The molecule has 1 N–H and O–H groups in total. The summed E-state index contributed by atoms with van der Waals surface area (Å²) in [5, 5.41) is 3.41. The number of hydrogen-bond acceptors (Lipinski definition) is 10. The molecule has 0 radical (unpaired) electrons. The highest BCUT2D eigenvalue weighted by molar-refractivity contribution is 5.72. The minimum atomic E-state index is -0.252. The van der Waals surface area contributed by atoms with Gasteiger partial charge in [-0.2, -0.15) is 0 Å². The van der Waals surface area contributed by atoms with E-state index in [1.165, 1.54) is 0 Å². The Morgan fingerprint density at radius 1 is 0.594 bits per heavy atom. The van der Waals surface area contributed by atoms with Crippen molar-refractivity contribution in [2.45, 2.75) is 33.6 Å². The standard InChI is InChI=1S/C22H42N4O6/c1-4-30-20(27)17-24-12-8-13-26(19-22(29)32-6-3)16-15-25(18-21(28)31-5-2)11-7-9-23-10-14-24/h23H,4-19H2,1-3H3. The lowest BCUT2D eigenvalue weighted by Gasteiger charge is -2.28. The van der Waals surface area contributed by atoms with E-state index in [1.807, 2.05) is 0 Å². The van der Waals surface area contributed by atoms with Crippen molar-refractivity contribution in [3.05, 3.63) is 0 Å². The van der Waals surface area contributed by atoms with Crippen LogP contribution in [-0.2, 0) is 28.6 Å². The number of nitrogens with one attached hydrogen (secondary N) is 1. The van der Waals surface area contributed by atoms with Crippen LogP contribution < -0.4 is 5.32 Å². The third-order valence-corrected chi connectivity index (χ3v) is 5.09. The third kappa shape index (κ3) is 13.6. The average Bonchev–Trinajstić information content (AvgIpc) is 2.73. The van der Waals surface area contributed by atoms with E-state index < -0.39 is 0 Å². The van der Waals surface area contributed by atoms with Crippen molar-refractivity contribution in [2.75, 3.05) is 91.8 Å². The molecule has 0 atom stereocenters. The van der Waals surface area contributed by atoms with E-state index in [-0.39, 0.29) is 37.5 Å². The molecular formula is C22H42N4O6. The first-order chi connectivity index (χ1) is 15.5. The van der Waals surface area contributed by atoms with E-state index in [9.17, 15) is 14.4 Å². The number of rotatable bonds is 9. The molecule has 186 valence electrons. The van der Waals surface area contributed by atoms with E-state index in [2.05, 4.69) is 20.0 Å². The van der Waals surface area contributed by atoms with Crippen molar-refractivity contribution in [2.24, 2.45) is 0 Å². The second kappa shape index (κ2) is 17.8.